The zero-order valence-electron chi connectivity index (χ0n) is 12.4. The van der Waals surface area contributed by atoms with Gasteiger partial charge in [-0.1, -0.05) is 6.07 Å². The molecule has 0 aliphatic heterocycles. The first-order chi connectivity index (χ1) is 9.82. The van der Waals surface area contributed by atoms with Crippen molar-refractivity contribution in [2.45, 2.75) is 6.42 Å². The zero-order valence-corrected chi connectivity index (χ0v) is 12.4. The topological polar surface area (TPSA) is 72.9 Å². The van der Waals surface area contributed by atoms with Crippen molar-refractivity contribution in [3.63, 3.8) is 0 Å². The van der Waals surface area contributed by atoms with E-state index in [2.05, 4.69) is 5.32 Å². The fourth-order valence-corrected chi connectivity index (χ4v) is 1.76. The molecule has 0 fully saturated rings. The summed E-state index contributed by atoms with van der Waals surface area (Å²) in [6.45, 7) is 1.30. The van der Waals surface area contributed by atoms with Crippen molar-refractivity contribution in [1.29, 1.82) is 0 Å². The van der Waals surface area contributed by atoms with Crippen LogP contribution in [0.3, 0.4) is 0 Å². The van der Waals surface area contributed by atoms with E-state index in [0.29, 0.717) is 6.54 Å². The second-order valence-electron chi connectivity index (χ2n) is 4.98. The SMILES string of the molecule is CN(C)CCCN(C)C(=O)Nc1c(F)cccc1C(=O)O. The Morgan fingerprint density at radius 1 is 1.24 bits per heavy atom. The molecule has 0 bridgehead atoms. The summed E-state index contributed by atoms with van der Waals surface area (Å²) in [4.78, 5) is 26.4. The predicted octanol–water partition coefficient (Wildman–Crippen LogP) is 1.94. The Kier molecular flexibility index (Phi) is 6.10. The van der Waals surface area contributed by atoms with Crippen LogP contribution in [-0.2, 0) is 0 Å². The highest BCUT2D eigenvalue weighted by Crippen LogP contribution is 2.20. The standard InChI is InChI=1S/C14H20FN3O3/c1-17(2)8-5-9-18(3)14(21)16-12-10(13(19)20)6-4-7-11(12)15/h4,6-7H,5,8-9H2,1-3H3,(H,16,21)(H,19,20). The van der Waals surface area contributed by atoms with Crippen molar-refractivity contribution < 1.29 is 19.1 Å². The van der Waals surface area contributed by atoms with Crippen LogP contribution in [0.5, 0.6) is 0 Å². The first-order valence-electron chi connectivity index (χ1n) is 6.51. The molecule has 0 saturated carbocycles. The van der Waals surface area contributed by atoms with Gasteiger partial charge in [0.1, 0.15) is 5.82 Å². The number of halogens is 1. The van der Waals surface area contributed by atoms with Gasteiger partial charge in [-0.25, -0.2) is 14.0 Å². The molecule has 0 aliphatic carbocycles. The van der Waals surface area contributed by atoms with E-state index in [9.17, 15) is 14.0 Å². The third kappa shape index (κ3) is 5.03. The van der Waals surface area contributed by atoms with E-state index in [1.54, 1.807) is 7.05 Å². The highest BCUT2D eigenvalue weighted by molar-refractivity contribution is 6.00. The number of hydrogen-bond acceptors (Lipinski definition) is 3. The highest BCUT2D eigenvalue weighted by atomic mass is 19.1. The van der Waals surface area contributed by atoms with Crippen molar-refractivity contribution in [2.24, 2.45) is 0 Å². The number of aromatic carboxylic acids is 1. The minimum Gasteiger partial charge on any atom is -0.478 e. The van der Waals surface area contributed by atoms with Gasteiger partial charge in [0.05, 0.1) is 11.3 Å². The van der Waals surface area contributed by atoms with Crippen LogP contribution in [0.2, 0.25) is 0 Å². The van der Waals surface area contributed by atoms with Crippen LogP contribution in [0.25, 0.3) is 0 Å². The summed E-state index contributed by atoms with van der Waals surface area (Å²) in [5, 5.41) is 11.3. The molecule has 0 radical (unpaired) electrons. The smallest absolute Gasteiger partial charge is 0.337 e. The van der Waals surface area contributed by atoms with Gasteiger partial charge in [-0.3, -0.25) is 0 Å². The summed E-state index contributed by atoms with van der Waals surface area (Å²) in [7, 11) is 5.43. The fourth-order valence-electron chi connectivity index (χ4n) is 1.76. The average Bonchev–Trinajstić information content (AvgIpc) is 2.40. The first-order valence-corrected chi connectivity index (χ1v) is 6.51. The zero-order chi connectivity index (χ0) is 16.0. The Morgan fingerprint density at radius 3 is 2.48 bits per heavy atom. The molecule has 21 heavy (non-hydrogen) atoms. The second-order valence-corrected chi connectivity index (χ2v) is 4.98. The molecule has 0 unspecified atom stereocenters. The third-order valence-corrected chi connectivity index (χ3v) is 2.92. The molecule has 0 spiro atoms. The Hall–Kier alpha value is -2.15. The second kappa shape index (κ2) is 7.58. The Labute approximate surface area is 123 Å². The number of urea groups is 1. The Balaban J connectivity index is 2.72. The van der Waals surface area contributed by atoms with Gasteiger partial charge in [0.2, 0.25) is 0 Å². The van der Waals surface area contributed by atoms with Gasteiger partial charge in [-0.2, -0.15) is 0 Å². The minimum atomic E-state index is -1.29. The molecular weight excluding hydrogens is 277 g/mol. The summed E-state index contributed by atoms with van der Waals surface area (Å²) in [5.41, 5.74) is -0.584. The maximum Gasteiger partial charge on any atom is 0.337 e. The lowest BCUT2D eigenvalue weighted by atomic mass is 10.1. The number of benzene rings is 1. The van der Waals surface area contributed by atoms with Gasteiger partial charge in [0, 0.05) is 13.6 Å². The quantitative estimate of drug-likeness (QED) is 0.841. The molecule has 1 aromatic carbocycles. The third-order valence-electron chi connectivity index (χ3n) is 2.92. The lowest BCUT2D eigenvalue weighted by Gasteiger charge is -2.20. The highest BCUT2D eigenvalue weighted by Gasteiger charge is 2.18. The van der Waals surface area contributed by atoms with Crippen LogP contribution in [-0.4, -0.2) is 61.1 Å². The van der Waals surface area contributed by atoms with Crippen LogP contribution in [0.4, 0.5) is 14.9 Å². The van der Waals surface area contributed by atoms with Gasteiger partial charge in [0.15, 0.2) is 0 Å². The van der Waals surface area contributed by atoms with Crippen molar-refractivity contribution in [1.82, 2.24) is 9.80 Å². The Bertz CT molecular complexity index is 520. The maximum atomic E-state index is 13.7. The van der Waals surface area contributed by atoms with E-state index < -0.39 is 17.8 Å². The number of carbonyl (C=O) groups excluding carboxylic acids is 1. The number of nitrogens with one attached hydrogen (secondary N) is 1. The summed E-state index contributed by atoms with van der Waals surface area (Å²) >= 11 is 0. The lowest BCUT2D eigenvalue weighted by molar-refractivity contribution is 0.0697. The molecule has 1 rings (SSSR count). The van der Waals surface area contributed by atoms with Gasteiger partial charge in [0.25, 0.3) is 0 Å². The molecule has 0 atom stereocenters. The summed E-state index contributed by atoms with van der Waals surface area (Å²) in [6.07, 6.45) is 0.764. The van der Waals surface area contributed by atoms with Crippen molar-refractivity contribution in [2.75, 3.05) is 39.5 Å². The summed E-state index contributed by atoms with van der Waals surface area (Å²) < 4.78 is 13.7. The molecule has 0 aliphatic rings. The molecule has 2 amide bonds. The van der Waals surface area contributed by atoms with E-state index in [1.807, 2.05) is 19.0 Å². The average molecular weight is 297 g/mol. The van der Waals surface area contributed by atoms with Gasteiger partial charge in [-0.05, 0) is 39.2 Å². The van der Waals surface area contributed by atoms with Crippen LogP contribution >= 0.6 is 0 Å². The number of anilines is 1. The van der Waals surface area contributed by atoms with Crippen LogP contribution < -0.4 is 5.32 Å². The first kappa shape index (κ1) is 16.9. The molecule has 116 valence electrons. The number of carboxylic acid groups (broad SMARTS) is 1. The fraction of sp³-hybridized carbons (Fsp3) is 0.429. The molecule has 1 aromatic rings. The molecule has 2 N–H and O–H groups in total. The summed E-state index contributed by atoms with van der Waals surface area (Å²) in [6, 6.07) is 3.09. The molecule has 0 heterocycles. The number of rotatable bonds is 6. The normalized spacial score (nSPS) is 10.5. The number of para-hydroxylation sites is 1. The molecule has 0 saturated heterocycles. The van der Waals surface area contributed by atoms with Crippen molar-refractivity contribution >= 4 is 17.7 Å². The molecular formula is C14H20FN3O3. The van der Waals surface area contributed by atoms with Gasteiger partial charge < -0.3 is 20.2 Å². The number of hydrogen-bond donors (Lipinski definition) is 2. The van der Waals surface area contributed by atoms with E-state index in [-0.39, 0.29) is 11.3 Å². The number of carbonyl (C=O) groups is 2. The van der Waals surface area contributed by atoms with Crippen LogP contribution in [0, 0.1) is 5.82 Å². The minimum absolute atomic E-state index is 0.273. The monoisotopic (exact) mass is 297 g/mol. The van der Waals surface area contributed by atoms with Crippen LogP contribution in [0.1, 0.15) is 16.8 Å². The predicted molar refractivity (Wildman–Crippen MR) is 78.2 cm³/mol. The lowest BCUT2D eigenvalue weighted by Crippen LogP contribution is -2.34. The summed E-state index contributed by atoms with van der Waals surface area (Å²) in [5.74, 6) is -2.06. The van der Waals surface area contributed by atoms with E-state index in [4.69, 9.17) is 5.11 Å². The number of carboxylic acids is 1. The molecule has 0 aromatic heterocycles. The number of nitrogens with zero attached hydrogens (tertiary/aromatic N) is 2. The maximum absolute atomic E-state index is 13.7. The largest absolute Gasteiger partial charge is 0.478 e. The van der Waals surface area contributed by atoms with Crippen LogP contribution in [0.15, 0.2) is 18.2 Å². The van der Waals surface area contributed by atoms with E-state index in [0.717, 1.165) is 19.0 Å². The van der Waals surface area contributed by atoms with Gasteiger partial charge in [-0.15, -0.1) is 0 Å². The van der Waals surface area contributed by atoms with Crippen molar-refractivity contribution in [3.8, 4) is 0 Å². The van der Waals surface area contributed by atoms with E-state index in [1.165, 1.54) is 17.0 Å². The van der Waals surface area contributed by atoms with E-state index >= 15 is 0 Å². The number of amides is 2. The molecule has 6 nitrogen and oxygen atoms in total. The Morgan fingerprint density at radius 2 is 1.90 bits per heavy atom. The van der Waals surface area contributed by atoms with Gasteiger partial charge >= 0.3 is 12.0 Å². The molecule has 7 heteroatoms. The van der Waals surface area contributed by atoms with Crippen molar-refractivity contribution in [3.05, 3.63) is 29.6 Å².